The highest BCUT2D eigenvalue weighted by Gasteiger charge is 2.20. The molecule has 0 radical (unpaired) electrons. The molecular formula is C35H30ClN7O2. The van der Waals surface area contributed by atoms with Gasteiger partial charge in [-0.15, -0.1) is 0 Å². The standard InChI is InChI=1S/C35H30ClN7O2/c1-21-27(28-5-3-7-30(31(28)36)42-35-33-25(9-12-38-35)15-23(20-44)17-40-33)4-2-6-29(21)41-34-32-24(8-11-37-34)14-22(16-39-32)18-43-13-10-26(45)19-43/h2-9,11-12,14-17,20,26,45H,10,13,18-19H2,1H3,(H,37,41)(H,38,42). The number of pyridine rings is 4. The Hall–Kier alpha value is -4.96. The van der Waals surface area contributed by atoms with Crippen molar-refractivity contribution < 1.29 is 9.90 Å². The number of aliphatic hydroxyl groups is 1. The van der Waals surface area contributed by atoms with E-state index in [1.165, 1.54) is 6.20 Å². The second-order valence-electron chi connectivity index (χ2n) is 11.3. The highest BCUT2D eigenvalue weighted by Crippen LogP contribution is 2.39. The van der Waals surface area contributed by atoms with Gasteiger partial charge in [0, 0.05) is 72.0 Å². The van der Waals surface area contributed by atoms with E-state index in [9.17, 15) is 9.90 Å². The van der Waals surface area contributed by atoms with Gasteiger partial charge in [0.15, 0.2) is 17.9 Å². The number of likely N-dealkylation sites (tertiary alicyclic amines) is 1. The van der Waals surface area contributed by atoms with E-state index in [1.807, 2.05) is 54.7 Å². The number of aldehydes is 1. The maximum absolute atomic E-state index is 11.2. The van der Waals surface area contributed by atoms with Gasteiger partial charge in [-0.1, -0.05) is 35.9 Å². The van der Waals surface area contributed by atoms with Crippen molar-refractivity contribution in [3.05, 3.63) is 107 Å². The SMILES string of the molecule is Cc1c(Nc2nccc3cc(CN4CCC(O)C4)cnc23)cccc1-c1cccc(Nc2nccc3cc(C=O)cnc23)c1Cl. The quantitative estimate of drug-likeness (QED) is 0.155. The molecule has 9 nitrogen and oxygen atoms in total. The molecule has 0 bridgehead atoms. The van der Waals surface area contributed by atoms with Crippen LogP contribution in [-0.2, 0) is 6.54 Å². The molecule has 1 saturated heterocycles. The minimum absolute atomic E-state index is 0.247. The molecule has 6 aromatic rings. The number of β-amino-alcohol motifs (C(OH)–C–C–N with tert-alkyl or cyclic N) is 1. The number of nitrogens with zero attached hydrogens (tertiary/aromatic N) is 5. The van der Waals surface area contributed by atoms with Gasteiger partial charge < -0.3 is 15.7 Å². The fourth-order valence-electron chi connectivity index (χ4n) is 5.88. The number of carbonyl (C=O) groups excluding carboxylic acids is 1. The Morgan fingerprint density at radius 1 is 0.889 bits per heavy atom. The van der Waals surface area contributed by atoms with E-state index < -0.39 is 0 Å². The second kappa shape index (κ2) is 12.2. The molecule has 0 aliphatic carbocycles. The molecule has 10 heteroatoms. The molecule has 3 N–H and O–H groups in total. The van der Waals surface area contributed by atoms with E-state index in [4.69, 9.17) is 16.6 Å². The van der Waals surface area contributed by atoms with Crippen molar-refractivity contribution in [2.75, 3.05) is 23.7 Å². The smallest absolute Gasteiger partial charge is 0.156 e. The number of rotatable bonds is 8. The van der Waals surface area contributed by atoms with Crippen LogP contribution in [-0.4, -0.2) is 55.4 Å². The number of hydrogen-bond donors (Lipinski definition) is 3. The summed E-state index contributed by atoms with van der Waals surface area (Å²) in [6, 6.07) is 19.6. The third kappa shape index (κ3) is 5.81. The normalized spacial score (nSPS) is 15.0. The average molecular weight is 616 g/mol. The van der Waals surface area contributed by atoms with Crippen LogP contribution >= 0.6 is 11.6 Å². The molecule has 1 aliphatic rings. The van der Waals surface area contributed by atoms with E-state index in [2.05, 4.69) is 43.5 Å². The van der Waals surface area contributed by atoms with Gasteiger partial charge in [0.25, 0.3) is 0 Å². The fraction of sp³-hybridized carbons (Fsp3) is 0.171. The van der Waals surface area contributed by atoms with Crippen molar-refractivity contribution in [3.8, 4) is 11.1 Å². The summed E-state index contributed by atoms with van der Waals surface area (Å²) in [4.78, 5) is 31.8. The number of aliphatic hydroxyl groups excluding tert-OH is 1. The molecular weight excluding hydrogens is 586 g/mol. The summed E-state index contributed by atoms with van der Waals surface area (Å²) in [5.41, 5.74) is 7.45. The molecule has 1 atom stereocenters. The summed E-state index contributed by atoms with van der Waals surface area (Å²) < 4.78 is 0. The van der Waals surface area contributed by atoms with Crippen LogP contribution in [0.15, 0.2) is 85.5 Å². The number of anilines is 4. The zero-order valence-electron chi connectivity index (χ0n) is 24.5. The summed E-state index contributed by atoms with van der Waals surface area (Å²) >= 11 is 7.02. The van der Waals surface area contributed by atoms with Gasteiger partial charge in [0.05, 0.1) is 16.8 Å². The Kier molecular flexibility index (Phi) is 7.81. The first-order valence-electron chi connectivity index (χ1n) is 14.7. The molecule has 4 aromatic heterocycles. The lowest BCUT2D eigenvalue weighted by Gasteiger charge is -2.17. The van der Waals surface area contributed by atoms with Gasteiger partial charge in [0.1, 0.15) is 11.0 Å². The van der Waals surface area contributed by atoms with E-state index in [0.717, 1.165) is 70.0 Å². The Morgan fingerprint density at radius 2 is 1.56 bits per heavy atom. The molecule has 7 rings (SSSR count). The van der Waals surface area contributed by atoms with Crippen LogP contribution in [0.3, 0.4) is 0 Å². The Balaban J connectivity index is 1.17. The predicted octanol–water partition coefficient (Wildman–Crippen LogP) is 7.07. The lowest BCUT2D eigenvalue weighted by atomic mass is 9.98. The first-order chi connectivity index (χ1) is 22.0. The number of halogens is 1. The van der Waals surface area contributed by atoms with E-state index >= 15 is 0 Å². The minimum atomic E-state index is -0.247. The highest BCUT2D eigenvalue weighted by molar-refractivity contribution is 6.36. The van der Waals surface area contributed by atoms with Crippen LogP contribution in [0.2, 0.25) is 5.02 Å². The topological polar surface area (TPSA) is 116 Å². The van der Waals surface area contributed by atoms with Crippen molar-refractivity contribution in [3.63, 3.8) is 0 Å². The molecule has 5 heterocycles. The Bertz CT molecular complexity index is 2070. The van der Waals surface area contributed by atoms with Gasteiger partial charge in [-0.05, 0) is 66.4 Å². The number of carbonyl (C=O) groups is 1. The van der Waals surface area contributed by atoms with Gasteiger partial charge in [0.2, 0.25) is 0 Å². The van der Waals surface area contributed by atoms with Crippen LogP contribution in [0.25, 0.3) is 32.9 Å². The summed E-state index contributed by atoms with van der Waals surface area (Å²) in [5.74, 6) is 1.22. The Labute approximate surface area is 265 Å². The van der Waals surface area contributed by atoms with Crippen LogP contribution in [0, 0.1) is 6.92 Å². The van der Waals surface area contributed by atoms with Crippen LogP contribution in [0.5, 0.6) is 0 Å². The van der Waals surface area contributed by atoms with Crippen LogP contribution in [0.4, 0.5) is 23.0 Å². The zero-order chi connectivity index (χ0) is 30.9. The largest absolute Gasteiger partial charge is 0.392 e. The number of nitrogens with one attached hydrogen (secondary N) is 2. The van der Waals surface area contributed by atoms with Gasteiger partial charge in [-0.3, -0.25) is 19.7 Å². The fourth-order valence-corrected chi connectivity index (χ4v) is 6.16. The maximum Gasteiger partial charge on any atom is 0.156 e. The van der Waals surface area contributed by atoms with Gasteiger partial charge >= 0.3 is 0 Å². The number of hydrogen-bond acceptors (Lipinski definition) is 9. The second-order valence-corrected chi connectivity index (χ2v) is 11.6. The van der Waals surface area contributed by atoms with Crippen molar-refractivity contribution in [1.29, 1.82) is 0 Å². The molecule has 2 aromatic carbocycles. The molecule has 1 fully saturated rings. The maximum atomic E-state index is 11.2. The number of benzene rings is 2. The van der Waals surface area contributed by atoms with E-state index in [-0.39, 0.29) is 6.10 Å². The van der Waals surface area contributed by atoms with Gasteiger partial charge in [-0.2, -0.15) is 0 Å². The first-order valence-corrected chi connectivity index (χ1v) is 15.1. The summed E-state index contributed by atoms with van der Waals surface area (Å²) in [6.45, 7) is 4.40. The number of aromatic nitrogens is 4. The molecule has 0 spiro atoms. The minimum Gasteiger partial charge on any atom is -0.392 e. The summed E-state index contributed by atoms with van der Waals surface area (Å²) in [6.07, 6.45) is 8.23. The zero-order valence-corrected chi connectivity index (χ0v) is 25.3. The van der Waals surface area contributed by atoms with Crippen molar-refractivity contribution in [2.45, 2.75) is 26.0 Å². The molecule has 0 saturated carbocycles. The number of fused-ring (bicyclic) bond motifs is 2. The lowest BCUT2D eigenvalue weighted by Crippen LogP contribution is -2.21. The van der Waals surface area contributed by atoms with Crippen LogP contribution < -0.4 is 10.6 Å². The highest BCUT2D eigenvalue weighted by atomic mass is 35.5. The third-order valence-corrected chi connectivity index (χ3v) is 8.60. The van der Waals surface area contributed by atoms with Crippen LogP contribution in [0.1, 0.15) is 27.9 Å². The Morgan fingerprint density at radius 3 is 2.27 bits per heavy atom. The molecule has 0 amide bonds. The monoisotopic (exact) mass is 615 g/mol. The molecule has 1 aliphatic heterocycles. The summed E-state index contributed by atoms with van der Waals surface area (Å²) in [5, 5.41) is 19.1. The third-order valence-electron chi connectivity index (χ3n) is 8.19. The molecule has 1 unspecified atom stereocenters. The average Bonchev–Trinajstić information content (AvgIpc) is 3.47. The first kappa shape index (κ1) is 28.8. The summed E-state index contributed by atoms with van der Waals surface area (Å²) in [7, 11) is 0. The lowest BCUT2D eigenvalue weighted by molar-refractivity contribution is 0.112. The van der Waals surface area contributed by atoms with Crippen molar-refractivity contribution >= 4 is 62.7 Å². The molecule has 45 heavy (non-hydrogen) atoms. The van der Waals surface area contributed by atoms with E-state index in [0.29, 0.717) is 40.0 Å². The predicted molar refractivity (Wildman–Crippen MR) is 179 cm³/mol. The molecule has 224 valence electrons. The van der Waals surface area contributed by atoms with Crippen molar-refractivity contribution in [1.82, 2.24) is 24.8 Å². The van der Waals surface area contributed by atoms with Gasteiger partial charge in [-0.25, -0.2) is 9.97 Å². The van der Waals surface area contributed by atoms with E-state index in [1.54, 1.807) is 18.5 Å². The van der Waals surface area contributed by atoms with Crippen molar-refractivity contribution in [2.24, 2.45) is 0 Å².